The molecular weight excluding hydrogens is 220 g/mol. The number of hydrogen-bond donors (Lipinski definition) is 1. The Hall–Kier alpha value is -2.35. The van der Waals surface area contributed by atoms with Gasteiger partial charge in [0.25, 0.3) is 0 Å². The predicted octanol–water partition coefficient (Wildman–Crippen LogP) is 0.742. The molecule has 1 aromatic rings. The highest BCUT2D eigenvalue weighted by Gasteiger charge is 2.29. The van der Waals surface area contributed by atoms with Crippen LogP contribution in [0.15, 0.2) is 24.3 Å². The molecule has 0 aromatic heterocycles. The zero-order valence-corrected chi connectivity index (χ0v) is 8.97. The maximum atomic E-state index is 11.7. The second kappa shape index (κ2) is 4.66. The van der Waals surface area contributed by atoms with Gasteiger partial charge in [-0.1, -0.05) is 12.1 Å². The summed E-state index contributed by atoms with van der Waals surface area (Å²) in [6.45, 7) is 0. The highest BCUT2D eigenvalue weighted by atomic mass is 16.5. The lowest BCUT2D eigenvalue weighted by atomic mass is 10.2. The summed E-state index contributed by atoms with van der Waals surface area (Å²) in [5, 5.41) is 11.3. The smallest absolute Gasteiger partial charge is 0.334 e. The second-order valence-electron chi connectivity index (χ2n) is 3.69. The van der Waals surface area contributed by atoms with Crippen LogP contribution in [0.5, 0.6) is 5.75 Å². The van der Waals surface area contributed by atoms with Gasteiger partial charge in [0, 0.05) is 6.42 Å². The molecular formula is C12H10N2O3. The number of nitrogens with zero attached hydrogens (tertiary/aromatic N) is 1. The molecule has 1 aliphatic heterocycles. The van der Waals surface area contributed by atoms with Crippen molar-refractivity contribution in [3.63, 3.8) is 0 Å². The molecule has 1 N–H and O–H groups in total. The van der Waals surface area contributed by atoms with Crippen molar-refractivity contribution in [1.82, 2.24) is 5.32 Å². The molecule has 2 rings (SSSR count). The molecule has 0 bridgehead atoms. The van der Waals surface area contributed by atoms with Crippen LogP contribution in [-0.4, -0.2) is 17.9 Å². The van der Waals surface area contributed by atoms with E-state index >= 15 is 0 Å². The number of rotatable bonds is 2. The predicted molar refractivity (Wildman–Crippen MR) is 58.0 cm³/mol. The zero-order valence-electron chi connectivity index (χ0n) is 8.97. The van der Waals surface area contributed by atoms with Gasteiger partial charge in [-0.05, 0) is 18.6 Å². The Balaban J connectivity index is 2.08. The van der Waals surface area contributed by atoms with Gasteiger partial charge < -0.3 is 10.1 Å². The maximum absolute atomic E-state index is 11.7. The molecule has 0 spiro atoms. The summed E-state index contributed by atoms with van der Waals surface area (Å²) in [5.41, 5.74) is 0.296. The summed E-state index contributed by atoms with van der Waals surface area (Å²) in [6.07, 6.45) is 0.770. The van der Waals surface area contributed by atoms with Gasteiger partial charge in [-0.15, -0.1) is 0 Å². The van der Waals surface area contributed by atoms with Crippen molar-refractivity contribution in [2.45, 2.75) is 18.9 Å². The lowest BCUT2D eigenvalue weighted by molar-refractivity contribution is -0.137. The molecule has 1 atom stereocenters. The van der Waals surface area contributed by atoms with E-state index in [1.165, 1.54) is 0 Å². The number of carbonyl (C=O) groups excluding carboxylic acids is 2. The van der Waals surface area contributed by atoms with Gasteiger partial charge in [-0.2, -0.15) is 5.26 Å². The van der Waals surface area contributed by atoms with Gasteiger partial charge in [0.1, 0.15) is 17.9 Å². The third-order valence-electron chi connectivity index (χ3n) is 2.50. The first-order chi connectivity index (χ1) is 8.20. The van der Waals surface area contributed by atoms with Crippen LogP contribution in [0.2, 0.25) is 0 Å². The maximum Gasteiger partial charge on any atom is 0.334 e. The van der Waals surface area contributed by atoms with E-state index in [9.17, 15) is 9.59 Å². The molecule has 5 nitrogen and oxygen atoms in total. The Morgan fingerprint density at radius 3 is 2.88 bits per heavy atom. The lowest BCUT2D eigenvalue weighted by Gasteiger charge is -2.10. The van der Waals surface area contributed by atoms with Crippen LogP contribution in [0, 0.1) is 11.3 Å². The summed E-state index contributed by atoms with van der Waals surface area (Å²) < 4.78 is 5.09. The van der Waals surface area contributed by atoms with E-state index in [0.29, 0.717) is 18.4 Å². The van der Waals surface area contributed by atoms with Gasteiger partial charge in [-0.3, -0.25) is 4.79 Å². The Morgan fingerprint density at radius 1 is 1.47 bits per heavy atom. The van der Waals surface area contributed by atoms with E-state index in [2.05, 4.69) is 5.32 Å². The summed E-state index contributed by atoms with van der Waals surface area (Å²) in [6, 6.07) is 7.81. The fraction of sp³-hybridized carbons (Fsp3) is 0.250. The van der Waals surface area contributed by atoms with Gasteiger partial charge in [0.2, 0.25) is 5.91 Å². The number of hydrogen-bond acceptors (Lipinski definition) is 4. The van der Waals surface area contributed by atoms with Crippen LogP contribution in [0.3, 0.4) is 0 Å². The van der Waals surface area contributed by atoms with E-state index in [1.807, 2.05) is 6.07 Å². The fourth-order valence-electron chi connectivity index (χ4n) is 1.62. The van der Waals surface area contributed by atoms with E-state index < -0.39 is 12.0 Å². The number of para-hydroxylation sites is 1. The third-order valence-corrected chi connectivity index (χ3v) is 2.50. The van der Waals surface area contributed by atoms with E-state index in [4.69, 9.17) is 10.00 Å². The molecule has 0 unspecified atom stereocenters. The third kappa shape index (κ3) is 2.42. The molecule has 0 radical (unpaired) electrons. The average Bonchev–Trinajstić information content (AvgIpc) is 2.77. The number of nitriles is 1. The minimum atomic E-state index is -0.603. The van der Waals surface area contributed by atoms with Gasteiger partial charge in [0.05, 0.1) is 5.56 Å². The molecule has 1 heterocycles. The summed E-state index contributed by atoms with van der Waals surface area (Å²) in [4.78, 5) is 22.6. The van der Waals surface area contributed by atoms with Crippen molar-refractivity contribution >= 4 is 11.9 Å². The van der Waals surface area contributed by atoms with Gasteiger partial charge >= 0.3 is 5.97 Å². The molecule has 1 aromatic carbocycles. The standard InChI is InChI=1S/C12H10N2O3/c13-7-8-3-1-2-4-10(8)17-12(16)9-5-6-11(15)14-9/h1-4,9H,5-6H2,(H,14,15)/t9-/m0/s1. The van der Waals surface area contributed by atoms with E-state index in [0.717, 1.165) is 0 Å². The number of esters is 1. The molecule has 1 fully saturated rings. The van der Waals surface area contributed by atoms with Crippen LogP contribution in [0.25, 0.3) is 0 Å². The van der Waals surface area contributed by atoms with E-state index in [1.54, 1.807) is 24.3 Å². The molecule has 1 saturated heterocycles. The topological polar surface area (TPSA) is 79.2 Å². The van der Waals surface area contributed by atoms with Gasteiger partial charge in [0.15, 0.2) is 0 Å². The first-order valence-corrected chi connectivity index (χ1v) is 5.21. The quantitative estimate of drug-likeness (QED) is 0.600. The highest BCUT2D eigenvalue weighted by molar-refractivity contribution is 5.89. The molecule has 1 aliphatic rings. The molecule has 0 saturated carbocycles. The summed E-state index contributed by atoms with van der Waals surface area (Å²) in [5.74, 6) is -0.458. The van der Waals surface area contributed by atoms with Crippen LogP contribution in [0.1, 0.15) is 18.4 Å². The largest absolute Gasteiger partial charge is 0.424 e. The SMILES string of the molecule is N#Cc1ccccc1OC(=O)[C@@H]1CCC(=O)N1. The number of benzene rings is 1. The monoisotopic (exact) mass is 230 g/mol. The Morgan fingerprint density at radius 2 is 2.24 bits per heavy atom. The first-order valence-electron chi connectivity index (χ1n) is 5.21. The zero-order chi connectivity index (χ0) is 12.3. The van der Waals surface area contributed by atoms with Crippen LogP contribution in [0.4, 0.5) is 0 Å². The van der Waals surface area contributed by atoms with Crippen molar-refractivity contribution < 1.29 is 14.3 Å². The number of nitrogens with one attached hydrogen (secondary N) is 1. The molecule has 86 valence electrons. The highest BCUT2D eigenvalue weighted by Crippen LogP contribution is 2.18. The van der Waals surface area contributed by atoms with Crippen LogP contribution < -0.4 is 10.1 Å². The first kappa shape index (κ1) is 11.1. The van der Waals surface area contributed by atoms with Crippen LogP contribution in [-0.2, 0) is 9.59 Å². The molecule has 1 amide bonds. The van der Waals surface area contributed by atoms with Crippen molar-refractivity contribution in [1.29, 1.82) is 5.26 Å². The van der Waals surface area contributed by atoms with Crippen molar-refractivity contribution in [3.8, 4) is 11.8 Å². The molecule has 5 heteroatoms. The van der Waals surface area contributed by atoms with Crippen molar-refractivity contribution in [2.24, 2.45) is 0 Å². The van der Waals surface area contributed by atoms with Crippen LogP contribution >= 0.6 is 0 Å². The fourth-order valence-corrected chi connectivity index (χ4v) is 1.62. The molecule has 17 heavy (non-hydrogen) atoms. The minimum Gasteiger partial charge on any atom is -0.424 e. The Kier molecular flexibility index (Phi) is 3.06. The average molecular weight is 230 g/mol. The summed E-state index contributed by atoms with van der Waals surface area (Å²) in [7, 11) is 0. The molecule has 0 aliphatic carbocycles. The van der Waals surface area contributed by atoms with Crippen molar-refractivity contribution in [2.75, 3.05) is 0 Å². The number of ether oxygens (including phenoxy) is 1. The minimum absolute atomic E-state index is 0.152. The second-order valence-corrected chi connectivity index (χ2v) is 3.69. The van der Waals surface area contributed by atoms with Crippen molar-refractivity contribution in [3.05, 3.63) is 29.8 Å². The lowest BCUT2D eigenvalue weighted by Crippen LogP contribution is -2.36. The van der Waals surface area contributed by atoms with E-state index in [-0.39, 0.29) is 11.7 Å². The normalized spacial score (nSPS) is 18.3. The van der Waals surface area contributed by atoms with Gasteiger partial charge in [-0.25, -0.2) is 4.79 Å². The number of carbonyl (C=O) groups is 2. The Bertz CT molecular complexity index is 505. The number of amides is 1. The Labute approximate surface area is 98.0 Å². The summed E-state index contributed by atoms with van der Waals surface area (Å²) >= 11 is 0.